The van der Waals surface area contributed by atoms with Gasteiger partial charge in [-0.1, -0.05) is 29.3 Å². The van der Waals surface area contributed by atoms with Gasteiger partial charge >= 0.3 is 0 Å². The van der Waals surface area contributed by atoms with Gasteiger partial charge in [-0.15, -0.1) is 0 Å². The number of rotatable bonds is 5. The van der Waals surface area contributed by atoms with Crippen LogP contribution in [-0.4, -0.2) is 44.0 Å². The van der Waals surface area contributed by atoms with Gasteiger partial charge in [-0.2, -0.15) is 0 Å². The van der Waals surface area contributed by atoms with Gasteiger partial charge in [-0.05, 0) is 38.8 Å². The van der Waals surface area contributed by atoms with Gasteiger partial charge in [0.2, 0.25) is 0 Å². The molecule has 0 N–H and O–H groups in total. The van der Waals surface area contributed by atoms with Gasteiger partial charge in [-0.25, -0.2) is 0 Å². The molecule has 4 heteroatoms. The Morgan fingerprint density at radius 1 is 1.06 bits per heavy atom. The van der Waals surface area contributed by atoms with E-state index < -0.39 is 0 Å². The number of likely N-dealkylation sites (N-methyl/N-ethyl adjacent to an activating group) is 2. The van der Waals surface area contributed by atoms with Gasteiger partial charge in [0.15, 0.2) is 0 Å². The molecule has 0 atom stereocenters. The first-order valence-electron chi connectivity index (χ1n) is 5.26. The molecule has 0 aliphatic heterocycles. The minimum Gasteiger partial charge on any atom is -0.308 e. The second kappa shape index (κ2) is 6.45. The Balaban J connectivity index is 2.52. The Morgan fingerprint density at radius 2 is 1.75 bits per heavy atom. The zero-order valence-corrected chi connectivity index (χ0v) is 11.5. The van der Waals surface area contributed by atoms with E-state index in [2.05, 4.69) is 30.9 Å². The van der Waals surface area contributed by atoms with Crippen LogP contribution in [0.15, 0.2) is 18.2 Å². The molecule has 0 aromatic heterocycles. The van der Waals surface area contributed by atoms with Crippen LogP contribution < -0.4 is 0 Å². The van der Waals surface area contributed by atoms with Crippen molar-refractivity contribution in [3.05, 3.63) is 33.8 Å². The van der Waals surface area contributed by atoms with Crippen molar-refractivity contribution < 1.29 is 0 Å². The summed E-state index contributed by atoms with van der Waals surface area (Å²) in [7, 11) is 6.24. The van der Waals surface area contributed by atoms with Crippen molar-refractivity contribution >= 4 is 23.2 Å². The molecule has 1 aromatic carbocycles. The molecule has 90 valence electrons. The van der Waals surface area contributed by atoms with E-state index in [1.54, 1.807) is 6.07 Å². The third-order valence-electron chi connectivity index (χ3n) is 2.38. The van der Waals surface area contributed by atoms with Crippen LogP contribution in [0.25, 0.3) is 0 Å². The first kappa shape index (κ1) is 13.8. The van der Waals surface area contributed by atoms with E-state index >= 15 is 0 Å². The molecule has 16 heavy (non-hydrogen) atoms. The van der Waals surface area contributed by atoms with Crippen LogP contribution in [-0.2, 0) is 6.54 Å². The van der Waals surface area contributed by atoms with E-state index in [0.717, 1.165) is 30.2 Å². The Hall–Kier alpha value is -0.280. The van der Waals surface area contributed by atoms with E-state index in [-0.39, 0.29) is 0 Å². The average Bonchev–Trinajstić information content (AvgIpc) is 2.19. The van der Waals surface area contributed by atoms with Gasteiger partial charge in [0, 0.05) is 29.7 Å². The summed E-state index contributed by atoms with van der Waals surface area (Å²) >= 11 is 12.0. The fourth-order valence-electron chi connectivity index (χ4n) is 1.39. The molecule has 0 spiro atoms. The van der Waals surface area contributed by atoms with Crippen molar-refractivity contribution in [2.45, 2.75) is 6.54 Å². The third-order valence-corrected chi connectivity index (χ3v) is 2.97. The minimum absolute atomic E-state index is 0.685. The lowest BCUT2D eigenvalue weighted by atomic mass is 10.2. The van der Waals surface area contributed by atoms with E-state index in [1.165, 1.54) is 0 Å². The molecule has 0 aliphatic carbocycles. The summed E-state index contributed by atoms with van der Waals surface area (Å²) in [6, 6.07) is 5.65. The highest BCUT2D eigenvalue weighted by Gasteiger charge is 2.05. The molecule has 0 radical (unpaired) electrons. The molecular formula is C12H18Cl2N2. The highest BCUT2D eigenvalue weighted by Crippen LogP contribution is 2.21. The molecule has 0 amide bonds. The van der Waals surface area contributed by atoms with Crippen molar-refractivity contribution in [3.8, 4) is 0 Å². The van der Waals surface area contributed by atoms with Crippen molar-refractivity contribution in [1.82, 2.24) is 9.80 Å². The highest BCUT2D eigenvalue weighted by molar-refractivity contribution is 6.35. The number of benzene rings is 1. The lowest BCUT2D eigenvalue weighted by molar-refractivity contribution is 0.276. The van der Waals surface area contributed by atoms with Crippen LogP contribution in [0.5, 0.6) is 0 Å². The zero-order chi connectivity index (χ0) is 12.1. The van der Waals surface area contributed by atoms with Crippen LogP contribution in [0.4, 0.5) is 0 Å². The highest BCUT2D eigenvalue weighted by atomic mass is 35.5. The summed E-state index contributed by atoms with van der Waals surface area (Å²) in [5.41, 5.74) is 1.12. The number of halogens is 2. The fraction of sp³-hybridized carbons (Fsp3) is 0.500. The molecule has 2 nitrogen and oxygen atoms in total. The van der Waals surface area contributed by atoms with Crippen LogP contribution in [0.2, 0.25) is 10.0 Å². The molecule has 1 aromatic rings. The normalized spacial score (nSPS) is 11.4. The Morgan fingerprint density at radius 3 is 2.31 bits per heavy atom. The molecule has 1 rings (SSSR count). The van der Waals surface area contributed by atoms with Crippen molar-refractivity contribution in [2.75, 3.05) is 34.2 Å². The van der Waals surface area contributed by atoms with Crippen LogP contribution in [0.1, 0.15) is 5.56 Å². The van der Waals surface area contributed by atoms with Gasteiger partial charge < -0.3 is 9.80 Å². The smallest absolute Gasteiger partial charge is 0.0465 e. The monoisotopic (exact) mass is 260 g/mol. The summed E-state index contributed by atoms with van der Waals surface area (Å²) in [6.45, 7) is 2.91. The summed E-state index contributed by atoms with van der Waals surface area (Å²) in [4.78, 5) is 4.41. The van der Waals surface area contributed by atoms with E-state index in [9.17, 15) is 0 Å². The van der Waals surface area contributed by atoms with Gasteiger partial charge in [0.1, 0.15) is 0 Å². The number of hydrogen-bond donors (Lipinski definition) is 0. The maximum Gasteiger partial charge on any atom is 0.0465 e. The molecule has 0 fully saturated rings. The lowest BCUT2D eigenvalue weighted by Gasteiger charge is -2.19. The molecule has 0 saturated carbocycles. The first-order valence-corrected chi connectivity index (χ1v) is 6.02. The molecule has 0 saturated heterocycles. The summed E-state index contributed by atoms with van der Waals surface area (Å²) in [5.74, 6) is 0. The third kappa shape index (κ3) is 4.71. The molecule has 0 aliphatic rings. The molecule has 0 heterocycles. The topological polar surface area (TPSA) is 6.48 Å². The maximum absolute atomic E-state index is 6.11. The maximum atomic E-state index is 6.11. The SMILES string of the molecule is CN(C)CCN(C)Cc1ccc(Cl)cc1Cl. The van der Waals surface area contributed by atoms with E-state index in [4.69, 9.17) is 23.2 Å². The summed E-state index contributed by atoms with van der Waals surface area (Å²) in [5, 5.41) is 1.42. The van der Waals surface area contributed by atoms with Crippen molar-refractivity contribution in [2.24, 2.45) is 0 Å². The van der Waals surface area contributed by atoms with Gasteiger partial charge in [0.25, 0.3) is 0 Å². The predicted molar refractivity (Wildman–Crippen MR) is 71.4 cm³/mol. The molecular weight excluding hydrogens is 243 g/mol. The van der Waals surface area contributed by atoms with E-state index in [1.807, 2.05) is 12.1 Å². The Bertz CT molecular complexity index is 340. The largest absolute Gasteiger partial charge is 0.308 e. The average molecular weight is 261 g/mol. The minimum atomic E-state index is 0.685. The van der Waals surface area contributed by atoms with Crippen LogP contribution in [0.3, 0.4) is 0 Å². The lowest BCUT2D eigenvalue weighted by Crippen LogP contribution is -2.28. The second-order valence-electron chi connectivity index (χ2n) is 4.28. The fourth-order valence-corrected chi connectivity index (χ4v) is 1.86. The predicted octanol–water partition coefficient (Wildman–Crippen LogP) is 2.99. The quantitative estimate of drug-likeness (QED) is 0.804. The number of nitrogens with zero attached hydrogens (tertiary/aromatic N) is 2. The second-order valence-corrected chi connectivity index (χ2v) is 5.12. The van der Waals surface area contributed by atoms with Gasteiger partial charge in [-0.3, -0.25) is 0 Å². The first-order chi connectivity index (χ1) is 7.49. The zero-order valence-electron chi connectivity index (χ0n) is 10.0. The van der Waals surface area contributed by atoms with Gasteiger partial charge in [0.05, 0.1) is 0 Å². The summed E-state index contributed by atoms with van der Waals surface area (Å²) in [6.07, 6.45) is 0. The Labute approximate surface area is 108 Å². The van der Waals surface area contributed by atoms with Crippen LogP contribution >= 0.6 is 23.2 Å². The standard InChI is InChI=1S/C12H18Cl2N2/c1-15(2)6-7-16(3)9-10-4-5-11(13)8-12(10)14/h4-5,8H,6-7,9H2,1-3H3. The van der Waals surface area contributed by atoms with Crippen molar-refractivity contribution in [3.63, 3.8) is 0 Å². The summed E-state index contributed by atoms with van der Waals surface area (Å²) < 4.78 is 0. The van der Waals surface area contributed by atoms with E-state index in [0.29, 0.717) is 5.02 Å². The number of hydrogen-bond acceptors (Lipinski definition) is 2. The van der Waals surface area contributed by atoms with Crippen LogP contribution in [0, 0.1) is 0 Å². The van der Waals surface area contributed by atoms with Crippen molar-refractivity contribution in [1.29, 1.82) is 0 Å². The molecule has 0 bridgehead atoms. The molecule has 0 unspecified atom stereocenters. The Kier molecular flexibility index (Phi) is 5.56.